The topological polar surface area (TPSA) is 62.4 Å². The Kier molecular flexibility index (Phi) is 7.35. The van der Waals surface area contributed by atoms with E-state index in [4.69, 9.17) is 4.74 Å². The third-order valence-corrected chi connectivity index (χ3v) is 6.05. The molecule has 0 radical (unpaired) electrons. The highest BCUT2D eigenvalue weighted by Gasteiger charge is 2.32. The van der Waals surface area contributed by atoms with Gasteiger partial charge in [0.1, 0.15) is 5.69 Å². The molecule has 1 aromatic carbocycles. The molecule has 162 valence electrons. The Hall–Kier alpha value is -2.56. The second-order valence-corrected chi connectivity index (χ2v) is 8.54. The quantitative estimate of drug-likeness (QED) is 0.442. The molecule has 0 fully saturated rings. The summed E-state index contributed by atoms with van der Waals surface area (Å²) >= 11 is 0. The SMILES string of the molecule is CCCCCCCOC(=O)c1[nH]c2c(c1C)C(=O)C[C@H](c1ccc(N(C)C)cc1)C2. The minimum atomic E-state index is -0.350. The standard InChI is InChI=1S/C25H34N2O3/c1-5-6-7-8-9-14-30-25(29)24-17(2)23-21(26-24)15-19(16-22(23)28)18-10-12-20(13-11-18)27(3)4/h10-13,19,26H,5-9,14-16H2,1-4H3/t19-/m1/s1. The molecule has 1 aliphatic carbocycles. The molecule has 1 heterocycles. The van der Waals surface area contributed by atoms with Crippen LogP contribution in [-0.4, -0.2) is 37.4 Å². The van der Waals surface area contributed by atoms with Crippen LogP contribution in [0.4, 0.5) is 5.69 Å². The van der Waals surface area contributed by atoms with Gasteiger partial charge < -0.3 is 14.6 Å². The van der Waals surface area contributed by atoms with Gasteiger partial charge in [-0.15, -0.1) is 0 Å². The molecule has 1 aliphatic rings. The summed E-state index contributed by atoms with van der Waals surface area (Å²) in [6, 6.07) is 8.36. The number of aromatic nitrogens is 1. The number of anilines is 1. The van der Waals surface area contributed by atoms with Gasteiger partial charge >= 0.3 is 5.97 Å². The van der Waals surface area contributed by atoms with Crippen molar-refractivity contribution in [3.8, 4) is 0 Å². The molecular weight excluding hydrogens is 376 g/mol. The van der Waals surface area contributed by atoms with Crippen LogP contribution in [0.5, 0.6) is 0 Å². The first kappa shape index (κ1) is 22.1. The summed E-state index contributed by atoms with van der Waals surface area (Å²) in [7, 11) is 4.03. The zero-order valence-corrected chi connectivity index (χ0v) is 18.7. The second kappa shape index (κ2) is 9.96. The van der Waals surface area contributed by atoms with Crippen molar-refractivity contribution in [2.24, 2.45) is 0 Å². The number of Topliss-reactive ketones (excluding diaryl/α,β-unsaturated/α-hetero) is 1. The normalized spacial score (nSPS) is 15.7. The van der Waals surface area contributed by atoms with E-state index in [9.17, 15) is 9.59 Å². The zero-order chi connectivity index (χ0) is 21.7. The minimum Gasteiger partial charge on any atom is -0.461 e. The Labute approximate surface area is 179 Å². The molecule has 0 unspecified atom stereocenters. The molecule has 5 nitrogen and oxygen atoms in total. The summed E-state index contributed by atoms with van der Waals surface area (Å²) in [5.74, 6) is -0.121. The van der Waals surface area contributed by atoms with E-state index in [0.29, 0.717) is 24.3 Å². The highest BCUT2D eigenvalue weighted by molar-refractivity contribution is 6.03. The van der Waals surface area contributed by atoms with Crippen molar-refractivity contribution in [1.29, 1.82) is 0 Å². The van der Waals surface area contributed by atoms with E-state index >= 15 is 0 Å². The van der Waals surface area contributed by atoms with Crippen LogP contribution in [-0.2, 0) is 11.2 Å². The summed E-state index contributed by atoms with van der Waals surface area (Å²) in [6.45, 7) is 4.46. The molecule has 0 amide bonds. The number of carbonyl (C=O) groups excluding carboxylic acids is 2. The van der Waals surface area contributed by atoms with E-state index in [2.05, 4.69) is 41.1 Å². The van der Waals surface area contributed by atoms with Gasteiger partial charge in [0, 0.05) is 37.5 Å². The van der Waals surface area contributed by atoms with Gasteiger partial charge in [0.25, 0.3) is 0 Å². The fraction of sp³-hybridized carbons (Fsp3) is 0.520. The molecular formula is C25H34N2O3. The first-order chi connectivity index (χ1) is 14.4. The number of H-pyrrole nitrogens is 1. The van der Waals surface area contributed by atoms with Gasteiger partial charge in [0.05, 0.1) is 6.61 Å². The highest BCUT2D eigenvalue weighted by atomic mass is 16.5. The van der Waals surface area contributed by atoms with Crippen molar-refractivity contribution in [3.63, 3.8) is 0 Å². The average Bonchev–Trinajstić information content (AvgIpc) is 3.07. The van der Waals surface area contributed by atoms with E-state index < -0.39 is 0 Å². The van der Waals surface area contributed by atoms with Crippen LogP contribution in [0.2, 0.25) is 0 Å². The summed E-state index contributed by atoms with van der Waals surface area (Å²) in [5, 5.41) is 0. The average molecular weight is 411 g/mol. The van der Waals surface area contributed by atoms with Crippen LogP contribution in [0.1, 0.15) is 89.0 Å². The number of esters is 1. The Bertz CT molecular complexity index is 881. The van der Waals surface area contributed by atoms with Gasteiger partial charge in [0.2, 0.25) is 0 Å². The number of nitrogens with zero attached hydrogens (tertiary/aromatic N) is 1. The molecule has 5 heteroatoms. The van der Waals surface area contributed by atoms with Crippen molar-refractivity contribution >= 4 is 17.4 Å². The molecule has 1 aromatic heterocycles. The molecule has 0 spiro atoms. The van der Waals surface area contributed by atoms with E-state index in [1.165, 1.54) is 19.3 Å². The van der Waals surface area contributed by atoms with Crippen LogP contribution in [0, 0.1) is 6.92 Å². The Balaban J connectivity index is 1.67. The third-order valence-electron chi connectivity index (χ3n) is 6.05. The molecule has 0 saturated heterocycles. The maximum absolute atomic E-state index is 12.9. The minimum absolute atomic E-state index is 0.102. The van der Waals surface area contributed by atoms with Crippen LogP contribution < -0.4 is 4.90 Å². The Morgan fingerprint density at radius 3 is 2.47 bits per heavy atom. The van der Waals surface area contributed by atoms with Crippen LogP contribution in [0.25, 0.3) is 0 Å². The number of aromatic amines is 1. The Morgan fingerprint density at radius 1 is 1.10 bits per heavy atom. The molecule has 0 saturated carbocycles. The largest absolute Gasteiger partial charge is 0.461 e. The van der Waals surface area contributed by atoms with Gasteiger partial charge in [0.15, 0.2) is 5.78 Å². The summed E-state index contributed by atoms with van der Waals surface area (Å²) < 4.78 is 5.46. The number of fused-ring (bicyclic) bond motifs is 1. The number of unbranched alkanes of at least 4 members (excludes halogenated alkanes) is 4. The highest BCUT2D eigenvalue weighted by Crippen LogP contribution is 2.35. The molecule has 1 atom stereocenters. The predicted octanol–water partition coefficient (Wildman–Crippen LogP) is 5.43. The van der Waals surface area contributed by atoms with Gasteiger partial charge in [-0.25, -0.2) is 4.79 Å². The smallest absolute Gasteiger partial charge is 0.355 e. The number of rotatable bonds is 9. The molecule has 1 N–H and O–H groups in total. The lowest BCUT2D eigenvalue weighted by atomic mass is 9.81. The number of ketones is 1. The van der Waals surface area contributed by atoms with Crippen molar-refractivity contribution in [2.45, 2.75) is 64.7 Å². The monoisotopic (exact) mass is 410 g/mol. The van der Waals surface area contributed by atoms with Crippen LogP contribution >= 0.6 is 0 Å². The number of ether oxygens (including phenoxy) is 1. The number of carbonyl (C=O) groups is 2. The molecule has 0 aliphatic heterocycles. The fourth-order valence-electron chi connectivity index (χ4n) is 4.26. The molecule has 3 rings (SSSR count). The van der Waals surface area contributed by atoms with Crippen molar-refractivity contribution < 1.29 is 14.3 Å². The maximum atomic E-state index is 12.9. The third kappa shape index (κ3) is 4.94. The summed E-state index contributed by atoms with van der Waals surface area (Å²) in [6.07, 6.45) is 6.75. The first-order valence-electron chi connectivity index (χ1n) is 11.1. The molecule has 2 aromatic rings. The van der Waals surface area contributed by atoms with Crippen molar-refractivity contribution in [3.05, 3.63) is 52.3 Å². The summed E-state index contributed by atoms with van der Waals surface area (Å²) in [5.41, 5.74) is 5.00. The van der Waals surface area contributed by atoms with Crippen molar-refractivity contribution in [1.82, 2.24) is 4.98 Å². The number of benzene rings is 1. The predicted molar refractivity (Wildman–Crippen MR) is 121 cm³/mol. The van der Waals surface area contributed by atoms with Gasteiger partial charge in [-0.3, -0.25) is 4.79 Å². The van der Waals surface area contributed by atoms with E-state index in [1.807, 2.05) is 21.0 Å². The lowest BCUT2D eigenvalue weighted by Crippen LogP contribution is -2.18. The lowest BCUT2D eigenvalue weighted by molar-refractivity contribution is 0.0490. The van der Waals surface area contributed by atoms with Gasteiger partial charge in [-0.2, -0.15) is 0 Å². The number of hydrogen-bond donors (Lipinski definition) is 1. The van der Waals surface area contributed by atoms with E-state index in [-0.39, 0.29) is 17.7 Å². The van der Waals surface area contributed by atoms with Crippen LogP contribution in [0.15, 0.2) is 24.3 Å². The number of hydrogen-bond acceptors (Lipinski definition) is 4. The van der Waals surface area contributed by atoms with Gasteiger partial charge in [-0.1, -0.05) is 44.7 Å². The van der Waals surface area contributed by atoms with Gasteiger partial charge in [-0.05, 0) is 48.9 Å². The van der Waals surface area contributed by atoms with E-state index in [1.54, 1.807) is 0 Å². The fourth-order valence-corrected chi connectivity index (χ4v) is 4.26. The maximum Gasteiger partial charge on any atom is 0.355 e. The first-order valence-corrected chi connectivity index (χ1v) is 11.1. The molecule has 30 heavy (non-hydrogen) atoms. The lowest BCUT2D eigenvalue weighted by Gasteiger charge is -2.23. The van der Waals surface area contributed by atoms with E-state index in [0.717, 1.165) is 41.8 Å². The van der Waals surface area contributed by atoms with Crippen molar-refractivity contribution in [2.75, 3.05) is 25.6 Å². The van der Waals surface area contributed by atoms with Crippen LogP contribution in [0.3, 0.4) is 0 Å². The number of nitrogens with one attached hydrogen (secondary N) is 1. The Morgan fingerprint density at radius 2 is 1.80 bits per heavy atom. The molecule has 0 bridgehead atoms. The zero-order valence-electron chi connectivity index (χ0n) is 18.7. The summed E-state index contributed by atoms with van der Waals surface area (Å²) in [4.78, 5) is 30.7. The second-order valence-electron chi connectivity index (χ2n) is 8.54.